The predicted molar refractivity (Wildman–Crippen MR) is 120 cm³/mol. The summed E-state index contributed by atoms with van der Waals surface area (Å²) in [6.07, 6.45) is 1.22. The maximum absolute atomic E-state index is 12.2. The van der Waals surface area contributed by atoms with Crippen LogP contribution in [0.15, 0.2) is 42.5 Å². The molecular formula is C20H29Cl2N5O2. The minimum absolute atomic E-state index is 0. The van der Waals surface area contributed by atoms with Gasteiger partial charge in [0, 0.05) is 12.2 Å². The van der Waals surface area contributed by atoms with Crippen LogP contribution < -0.4 is 22.1 Å². The summed E-state index contributed by atoms with van der Waals surface area (Å²) < 4.78 is 0. The number of aromatic nitrogens is 1. The highest BCUT2D eigenvalue weighted by molar-refractivity contribution is 5.89. The summed E-state index contributed by atoms with van der Waals surface area (Å²) in [4.78, 5) is 28.6. The summed E-state index contributed by atoms with van der Waals surface area (Å²) in [5.41, 5.74) is 14.3. The van der Waals surface area contributed by atoms with Crippen molar-refractivity contribution in [2.24, 2.45) is 5.73 Å². The summed E-state index contributed by atoms with van der Waals surface area (Å²) in [5, 5.41) is 5.45. The van der Waals surface area contributed by atoms with Gasteiger partial charge in [-0.3, -0.25) is 9.59 Å². The highest BCUT2D eigenvalue weighted by Crippen LogP contribution is 2.08. The summed E-state index contributed by atoms with van der Waals surface area (Å²) in [6, 6.07) is 12.0. The molecule has 0 saturated heterocycles. The fourth-order valence-corrected chi connectivity index (χ4v) is 2.62. The molecule has 6 N–H and O–H groups in total. The second-order valence-corrected chi connectivity index (χ2v) is 6.56. The average molecular weight is 442 g/mol. The van der Waals surface area contributed by atoms with Crippen LogP contribution >= 0.6 is 24.8 Å². The van der Waals surface area contributed by atoms with E-state index < -0.39 is 12.1 Å². The number of hydrogen-bond donors (Lipinski definition) is 4. The Morgan fingerprint density at radius 1 is 1.07 bits per heavy atom. The van der Waals surface area contributed by atoms with E-state index in [4.69, 9.17) is 11.5 Å². The number of benzene rings is 1. The minimum Gasteiger partial charge on any atom is -0.384 e. The van der Waals surface area contributed by atoms with Gasteiger partial charge in [-0.25, -0.2) is 4.98 Å². The van der Waals surface area contributed by atoms with Crippen molar-refractivity contribution in [3.63, 3.8) is 0 Å². The molecule has 29 heavy (non-hydrogen) atoms. The lowest BCUT2D eigenvalue weighted by atomic mass is 10.1. The Hall–Kier alpha value is -2.35. The van der Waals surface area contributed by atoms with Crippen molar-refractivity contribution in [3.8, 4) is 0 Å². The van der Waals surface area contributed by atoms with Gasteiger partial charge in [-0.1, -0.05) is 36.4 Å². The molecule has 1 aromatic carbocycles. The molecule has 1 aromatic heterocycles. The van der Waals surface area contributed by atoms with E-state index in [0.29, 0.717) is 25.2 Å². The first kappa shape index (κ1) is 26.6. The molecule has 0 aliphatic rings. The van der Waals surface area contributed by atoms with Crippen LogP contribution in [0.5, 0.6) is 0 Å². The predicted octanol–water partition coefficient (Wildman–Crippen LogP) is 1.90. The van der Waals surface area contributed by atoms with E-state index in [9.17, 15) is 9.59 Å². The van der Waals surface area contributed by atoms with Gasteiger partial charge in [-0.05, 0) is 43.9 Å². The third-order valence-corrected chi connectivity index (χ3v) is 4.35. The SMILES string of the molecule is Cc1nc(N)ccc1CNC(=O)[C@H](C)NC(=O)[C@H](N)CCc1ccccc1.Cl.Cl. The van der Waals surface area contributed by atoms with Crippen molar-refractivity contribution < 1.29 is 9.59 Å². The number of rotatable bonds is 8. The Balaban J connectivity index is 0.00000392. The molecule has 2 rings (SSSR count). The van der Waals surface area contributed by atoms with E-state index >= 15 is 0 Å². The third kappa shape index (κ3) is 8.68. The number of amides is 2. The molecule has 2 atom stereocenters. The van der Waals surface area contributed by atoms with Gasteiger partial charge in [0.05, 0.1) is 6.04 Å². The fraction of sp³-hybridized carbons (Fsp3) is 0.350. The van der Waals surface area contributed by atoms with Gasteiger partial charge >= 0.3 is 0 Å². The zero-order valence-electron chi connectivity index (χ0n) is 16.6. The summed E-state index contributed by atoms with van der Waals surface area (Å²) in [7, 11) is 0. The maximum atomic E-state index is 12.2. The van der Waals surface area contributed by atoms with E-state index in [1.54, 1.807) is 13.0 Å². The van der Waals surface area contributed by atoms with Crippen LogP contribution in [0.3, 0.4) is 0 Å². The van der Waals surface area contributed by atoms with Crippen molar-refractivity contribution in [1.82, 2.24) is 15.6 Å². The number of carbonyl (C=O) groups excluding carboxylic acids is 2. The van der Waals surface area contributed by atoms with Crippen molar-refractivity contribution in [2.75, 3.05) is 5.73 Å². The van der Waals surface area contributed by atoms with Gasteiger partial charge < -0.3 is 22.1 Å². The molecule has 0 fully saturated rings. The Kier molecular flexibility index (Phi) is 11.9. The Bertz CT molecular complexity index is 790. The van der Waals surface area contributed by atoms with E-state index in [1.165, 1.54) is 0 Å². The number of carbonyl (C=O) groups is 2. The van der Waals surface area contributed by atoms with E-state index in [0.717, 1.165) is 16.8 Å². The van der Waals surface area contributed by atoms with Gasteiger partial charge in [0.2, 0.25) is 11.8 Å². The van der Waals surface area contributed by atoms with Gasteiger partial charge in [0.1, 0.15) is 11.9 Å². The number of nitrogen functional groups attached to an aromatic ring is 1. The van der Waals surface area contributed by atoms with Crippen molar-refractivity contribution >= 4 is 42.4 Å². The molecule has 2 aromatic rings. The van der Waals surface area contributed by atoms with Crippen molar-refractivity contribution in [2.45, 2.75) is 45.3 Å². The molecule has 0 spiro atoms. The number of pyridine rings is 1. The second kappa shape index (κ2) is 13.0. The second-order valence-electron chi connectivity index (χ2n) is 6.56. The first-order valence-electron chi connectivity index (χ1n) is 8.96. The molecule has 0 aliphatic carbocycles. The quantitative estimate of drug-likeness (QED) is 0.497. The first-order chi connectivity index (χ1) is 12.9. The number of nitrogens with zero attached hydrogens (tertiary/aromatic N) is 1. The zero-order valence-corrected chi connectivity index (χ0v) is 18.2. The number of anilines is 1. The maximum Gasteiger partial charge on any atom is 0.242 e. The molecule has 7 nitrogen and oxygen atoms in total. The highest BCUT2D eigenvalue weighted by Gasteiger charge is 2.20. The third-order valence-electron chi connectivity index (χ3n) is 4.35. The smallest absolute Gasteiger partial charge is 0.242 e. The molecule has 0 aliphatic heterocycles. The lowest BCUT2D eigenvalue weighted by Gasteiger charge is -2.18. The molecule has 1 heterocycles. The van der Waals surface area contributed by atoms with Gasteiger partial charge in [0.15, 0.2) is 0 Å². The van der Waals surface area contributed by atoms with E-state index in [1.807, 2.05) is 43.3 Å². The summed E-state index contributed by atoms with van der Waals surface area (Å²) in [6.45, 7) is 3.78. The fourth-order valence-electron chi connectivity index (χ4n) is 2.62. The van der Waals surface area contributed by atoms with Crippen molar-refractivity contribution in [3.05, 3.63) is 59.3 Å². The van der Waals surface area contributed by atoms with Crippen molar-refractivity contribution in [1.29, 1.82) is 0 Å². The average Bonchev–Trinajstić information content (AvgIpc) is 2.65. The Morgan fingerprint density at radius 3 is 2.34 bits per heavy atom. The lowest BCUT2D eigenvalue weighted by molar-refractivity contribution is -0.129. The Morgan fingerprint density at radius 2 is 1.72 bits per heavy atom. The molecule has 9 heteroatoms. The number of aryl methyl sites for hydroxylation is 2. The lowest BCUT2D eigenvalue weighted by Crippen LogP contribution is -2.50. The number of nitrogens with two attached hydrogens (primary N) is 2. The van der Waals surface area contributed by atoms with Crippen LogP contribution in [-0.2, 0) is 22.6 Å². The molecule has 0 bridgehead atoms. The molecule has 2 amide bonds. The molecule has 0 saturated carbocycles. The minimum atomic E-state index is -0.678. The van der Waals surface area contributed by atoms with Crippen LogP contribution in [0.25, 0.3) is 0 Å². The van der Waals surface area contributed by atoms with Crippen LogP contribution in [0.1, 0.15) is 30.2 Å². The number of halogens is 2. The Labute approximate surface area is 183 Å². The topological polar surface area (TPSA) is 123 Å². The largest absolute Gasteiger partial charge is 0.384 e. The molecule has 0 radical (unpaired) electrons. The number of hydrogen-bond acceptors (Lipinski definition) is 5. The zero-order chi connectivity index (χ0) is 19.8. The first-order valence-corrected chi connectivity index (χ1v) is 8.96. The monoisotopic (exact) mass is 441 g/mol. The normalized spacial score (nSPS) is 12.0. The highest BCUT2D eigenvalue weighted by atomic mass is 35.5. The van der Waals surface area contributed by atoms with E-state index in [-0.39, 0.29) is 36.6 Å². The summed E-state index contributed by atoms with van der Waals surface area (Å²) in [5.74, 6) is -0.179. The van der Waals surface area contributed by atoms with Gasteiger partial charge in [-0.15, -0.1) is 24.8 Å². The summed E-state index contributed by atoms with van der Waals surface area (Å²) >= 11 is 0. The van der Waals surface area contributed by atoms with Crippen LogP contribution in [0.4, 0.5) is 5.82 Å². The molecule has 160 valence electrons. The number of nitrogens with one attached hydrogen (secondary N) is 2. The van der Waals surface area contributed by atoms with Gasteiger partial charge in [0.25, 0.3) is 0 Å². The van der Waals surface area contributed by atoms with E-state index in [2.05, 4.69) is 15.6 Å². The van der Waals surface area contributed by atoms with Crippen LogP contribution in [0.2, 0.25) is 0 Å². The molecule has 0 unspecified atom stereocenters. The van der Waals surface area contributed by atoms with Crippen LogP contribution in [-0.4, -0.2) is 28.9 Å². The van der Waals surface area contributed by atoms with Crippen LogP contribution in [0, 0.1) is 6.92 Å². The standard InChI is InChI=1S/C20H27N5O2.2ClH/c1-13-16(9-11-18(22)24-13)12-23-19(26)14(2)25-20(27)17(21)10-8-15-6-4-3-5-7-15;;/h3-7,9,11,14,17H,8,10,12,21H2,1-2H3,(H2,22,24)(H,23,26)(H,25,27);2*1H/t14-,17+;;/m0../s1. The van der Waals surface area contributed by atoms with Gasteiger partial charge in [-0.2, -0.15) is 0 Å². The molecular weight excluding hydrogens is 413 g/mol.